The van der Waals surface area contributed by atoms with Crippen LogP contribution in [0.3, 0.4) is 0 Å². The van der Waals surface area contributed by atoms with Gasteiger partial charge in [-0.05, 0) is 56.2 Å². The Balaban J connectivity index is 1.42. The molecule has 1 aliphatic rings. The molecular weight excluding hydrogens is 332 g/mol. The first-order chi connectivity index (χ1) is 12.7. The van der Waals surface area contributed by atoms with Gasteiger partial charge in [0.1, 0.15) is 18.0 Å². The summed E-state index contributed by atoms with van der Waals surface area (Å²) < 4.78 is 12.9. The second-order valence-electron chi connectivity index (χ2n) is 6.25. The van der Waals surface area contributed by atoms with Crippen LogP contribution < -0.4 is 10.1 Å². The molecule has 26 heavy (non-hydrogen) atoms. The summed E-state index contributed by atoms with van der Waals surface area (Å²) in [7, 11) is 0. The van der Waals surface area contributed by atoms with Gasteiger partial charge in [-0.25, -0.2) is 0 Å². The van der Waals surface area contributed by atoms with Crippen LogP contribution in [0.5, 0.6) is 5.75 Å². The first-order valence-corrected chi connectivity index (χ1v) is 8.74. The van der Waals surface area contributed by atoms with Crippen LogP contribution in [-0.4, -0.2) is 27.3 Å². The molecule has 2 heterocycles. The third-order valence-corrected chi connectivity index (χ3v) is 4.18. The van der Waals surface area contributed by atoms with E-state index in [2.05, 4.69) is 15.5 Å². The van der Waals surface area contributed by atoms with Gasteiger partial charge >= 0.3 is 0 Å². The SMILES string of the molecule is CCOc1ccc(NC(=O)Cn2cccc2-c2nnc(C3CC3)o2)cc1. The number of carbonyl (C=O) groups is 1. The summed E-state index contributed by atoms with van der Waals surface area (Å²) >= 11 is 0. The van der Waals surface area contributed by atoms with E-state index in [-0.39, 0.29) is 12.5 Å². The van der Waals surface area contributed by atoms with Crippen LogP contribution in [0.1, 0.15) is 31.6 Å². The zero-order chi connectivity index (χ0) is 17.9. The van der Waals surface area contributed by atoms with Gasteiger partial charge in [0, 0.05) is 17.8 Å². The highest BCUT2D eigenvalue weighted by Gasteiger charge is 2.29. The Morgan fingerprint density at radius 2 is 2.08 bits per heavy atom. The molecule has 1 fully saturated rings. The van der Waals surface area contributed by atoms with E-state index >= 15 is 0 Å². The van der Waals surface area contributed by atoms with Gasteiger partial charge in [-0.1, -0.05) is 0 Å². The average molecular weight is 352 g/mol. The first-order valence-electron chi connectivity index (χ1n) is 8.74. The number of hydrogen-bond acceptors (Lipinski definition) is 5. The fraction of sp³-hybridized carbons (Fsp3) is 0.316. The van der Waals surface area contributed by atoms with Crippen molar-refractivity contribution in [3.63, 3.8) is 0 Å². The summed E-state index contributed by atoms with van der Waals surface area (Å²) in [5.41, 5.74) is 1.47. The highest BCUT2D eigenvalue weighted by molar-refractivity contribution is 5.90. The zero-order valence-electron chi connectivity index (χ0n) is 14.5. The Bertz CT molecular complexity index is 894. The second kappa shape index (κ2) is 7.03. The molecular formula is C19H20N4O3. The fourth-order valence-electron chi connectivity index (χ4n) is 2.74. The van der Waals surface area contributed by atoms with Crippen molar-refractivity contribution in [2.24, 2.45) is 0 Å². The molecule has 1 amide bonds. The lowest BCUT2D eigenvalue weighted by atomic mass is 10.3. The molecule has 1 N–H and O–H groups in total. The molecule has 1 aromatic carbocycles. The standard InChI is InChI=1S/C19H20N4O3/c1-2-25-15-9-7-14(8-10-15)20-17(24)12-23-11-3-4-16(23)19-22-21-18(26-19)13-5-6-13/h3-4,7-11,13H,2,5-6,12H2,1H3,(H,20,24). The highest BCUT2D eigenvalue weighted by atomic mass is 16.5. The van der Waals surface area contributed by atoms with Crippen molar-refractivity contribution in [1.82, 2.24) is 14.8 Å². The van der Waals surface area contributed by atoms with Gasteiger partial charge in [0.2, 0.25) is 11.8 Å². The van der Waals surface area contributed by atoms with E-state index in [1.807, 2.05) is 49.5 Å². The van der Waals surface area contributed by atoms with Gasteiger partial charge in [-0.15, -0.1) is 10.2 Å². The van der Waals surface area contributed by atoms with Gasteiger partial charge in [-0.2, -0.15) is 0 Å². The van der Waals surface area contributed by atoms with Gasteiger partial charge in [0.25, 0.3) is 5.89 Å². The number of nitrogens with zero attached hydrogens (tertiary/aromatic N) is 3. The van der Waals surface area contributed by atoms with E-state index in [4.69, 9.17) is 9.15 Å². The summed E-state index contributed by atoms with van der Waals surface area (Å²) in [6.07, 6.45) is 4.04. The predicted octanol–water partition coefficient (Wildman–Crippen LogP) is 3.45. The van der Waals surface area contributed by atoms with Gasteiger partial charge in [-0.3, -0.25) is 4.79 Å². The monoisotopic (exact) mass is 352 g/mol. The fourth-order valence-corrected chi connectivity index (χ4v) is 2.74. The molecule has 0 unspecified atom stereocenters. The molecule has 0 aliphatic heterocycles. The highest BCUT2D eigenvalue weighted by Crippen LogP contribution is 2.39. The number of amides is 1. The Morgan fingerprint density at radius 1 is 1.27 bits per heavy atom. The number of aromatic nitrogens is 3. The number of benzene rings is 1. The van der Waals surface area contributed by atoms with Crippen molar-refractivity contribution in [3.8, 4) is 17.3 Å². The third kappa shape index (κ3) is 3.61. The second-order valence-corrected chi connectivity index (χ2v) is 6.25. The summed E-state index contributed by atoms with van der Waals surface area (Å²) in [4.78, 5) is 12.4. The first kappa shape index (κ1) is 16.4. The number of ether oxygens (including phenoxy) is 1. The molecule has 3 aromatic rings. The van der Waals surface area contributed by atoms with Crippen LogP contribution in [0.2, 0.25) is 0 Å². The summed E-state index contributed by atoms with van der Waals surface area (Å²) in [5, 5.41) is 11.1. The van der Waals surface area contributed by atoms with E-state index in [9.17, 15) is 4.79 Å². The van der Waals surface area contributed by atoms with Crippen molar-refractivity contribution >= 4 is 11.6 Å². The molecule has 0 saturated heterocycles. The van der Waals surface area contributed by atoms with E-state index < -0.39 is 0 Å². The Morgan fingerprint density at radius 3 is 2.81 bits per heavy atom. The number of anilines is 1. The minimum atomic E-state index is -0.131. The molecule has 134 valence electrons. The van der Waals surface area contributed by atoms with E-state index in [1.165, 1.54) is 0 Å². The van der Waals surface area contributed by atoms with Gasteiger partial charge in [0.15, 0.2) is 0 Å². The van der Waals surface area contributed by atoms with Crippen LogP contribution in [-0.2, 0) is 11.3 Å². The maximum atomic E-state index is 12.4. The topological polar surface area (TPSA) is 82.2 Å². The van der Waals surface area contributed by atoms with Gasteiger partial charge < -0.3 is 19.0 Å². The molecule has 0 atom stereocenters. The van der Waals surface area contributed by atoms with Crippen molar-refractivity contribution in [1.29, 1.82) is 0 Å². The largest absolute Gasteiger partial charge is 0.494 e. The molecule has 0 bridgehead atoms. The Labute approximate surface area is 151 Å². The lowest BCUT2D eigenvalue weighted by molar-refractivity contribution is -0.116. The van der Waals surface area contributed by atoms with Crippen LogP contribution in [0.15, 0.2) is 47.0 Å². The van der Waals surface area contributed by atoms with Crippen molar-refractivity contribution < 1.29 is 13.9 Å². The quantitative estimate of drug-likeness (QED) is 0.704. The van der Waals surface area contributed by atoms with Crippen molar-refractivity contribution in [3.05, 3.63) is 48.5 Å². The van der Waals surface area contributed by atoms with Crippen LogP contribution in [0, 0.1) is 0 Å². The zero-order valence-corrected chi connectivity index (χ0v) is 14.5. The summed E-state index contributed by atoms with van der Waals surface area (Å²) in [6.45, 7) is 2.71. The molecule has 7 heteroatoms. The Kier molecular flexibility index (Phi) is 4.43. The van der Waals surface area contributed by atoms with Crippen molar-refractivity contribution in [2.75, 3.05) is 11.9 Å². The van der Waals surface area contributed by atoms with Crippen LogP contribution >= 0.6 is 0 Å². The summed E-state index contributed by atoms with van der Waals surface area (Å²) in [5.74, 6) is 2.19. The average Bonchev–Trinajstić information content (AvgIpc) is 3.19. The number of carbonyl (C=O) groups excluding carboxylic acids is 1. The summed E-state index contributed by atoms with van der Waals surface area (Å²) in [6, 6.07) is 11.0. The molecule has 0 radical (unpaired) electrons. The number of nitrogens with one attached hydrogen (secondary N) is 1. The van der Waals surface area contributed by atoms with Crippen LogP contribution in [0.25, 0.3) is 11.6 Å². The van der Waals surface area contributed by atoms with E-state index in [1.54, 1.807) is 4.57 Å². The third-order valence-electron chi connectivity index (χ3n) is 4.18. The normalized spacial score (nSPS) is 13.6. The predicted molar refractivity (Wildman–Crippen MR) is 95.9 cm³/mol. The minimum absolute atomic E-state index is 0.131. The van der Waals surface area contributed by atoms with E-state index in [0.29, 0.717) is 24.3 Å². The molecule has 2 aromatic heterocycles. The number of rotatable bonds is 7. The van der Waals surface area contributed by atoms with Crippen molar-refractivity contribution in [2.45, 2.75) is 32.2 Å². The number of hydrogen-bond donors (Lipinski definition) is 1. The molecule has 4 rings (SSSR count). The maximum Gasteiger partial charge on any atom is 0.264 e. The molecule has 7 nitrogen and oxygen atoms in total. The lowest BCUT2D eigenvalue weighted by Gasteiger charge is -2.09. The van der Waals surface area contributed by atoms with Gasteiger partial charge in [0.05, 0.1) is 6.61 Å². The van der Waals surface area contributed by atoms with E-state index in [0.717, 1.165) is 30.0 Å². The molecule has 1 aliphatic carbocycles. The smallest absolute Gasteiger partial charge is 0.264 e. The lowest BCUT2D eigenvalue weighted by Crippen LogP contribution is -2.18. The Hall–Kier alpha value is -3.09. The van der Waals surface area contributed by atoms with Crippen LogP contribution in [0.4, 0.5) is 5.69 Å². The molecule has 1 saturated carbocycles. The molecule has 0 spiro atoms. The minimum Gasteiger partial charge on any atom is -0.494 e. The maximum absolute atomic E-state index is 12.4.